The molecule has 0 spiro atoms. The van der Waals surface area contributed by atoms with Crippen molar-refractivity contribution in [2.75, 3.05) is 19.6 Å². The van der Waals surface area contributed by atoms with Gasteiger partial charge in [0.25, 0.3) is 0 Å². The van der Waals surface area contributed by atoms with E-state index in [2.05, 4.69) is 32.6 Å². The Kier molecular flexibility index (Phi) is 6.18. The molecular formula is C15H29NO. The second-order valence-electron chi connectivity index (χ2n) is 5.71. The highest BCUT2D eigenvalue weighted by molar-refractivity contribution is 5.81. The van der Waals surface area contributed by atoms with Crippen LogP contribution in [0.5, 0.6) is 0 Å². The van der Waals surface area contributed by atoms with Crippen molar-refractivity contribution in [3.63, 3.8) is 0 Å². The molecule has 1 fully saturated rings. The van der Waals surface area contributed by atoms with Gasteiger partial charge in [-0.05, 0) is 44.2 Å². The largest absolute Gasteiger partial charge is 0.303 e. The van der Waals surface area contributed by atoms with E-state index < -0.39 is 0 Å². The van der Waals surface area contributed by atoms with E-state index in [9.17, 15) is 4.79 Å². The highest BCUT2D eigenvalue weighted by atomic mass is 16.1. The van der Waals surface area contributed by atoms with Gasteiger partial charge in [-0.15, -0.1) is 0 Å². The second kappa shape index (κ2) is 7.15. The summed E-state index contributed by atoms with van der Waals surface area (Å²) >= 11 is 0. The second-order valence-corrected chi connectivity index (χ2v) is 5.71. The van der Waals surface area contributed by atoms with Crippen LogP contribution in [-0.2, 0) is 4.79 Å². The first kappa shape index (κ1) is 14.7. The van der Waals surface area contributed by atoms with Crippen LogP contribution < -0.4 is 0 Å². The first-order chi connectivity index (χ1) is 8.08. The maximum absolute atomic E-state index is 12.2. The standard InChI is InChI=1S/C15H29NO/c1-5-16(6-2)10-9-15(17)14-8-7-12(3)13(4)11-14/h12-14H,5-11H2,1-4H3. The molecule has 1 rings (SSSR count). The third-order valence-corrected chi connectivity index (χ3v) is 4.62. The summed E-state index contributed by atoms with van der Waals surface area (Å²) in [5, 5.41) is 0. The first-order valence-electron chi connectivity index (χ1n) is 7.33. The van der Waals surface area contributed by atoms with Gasteiger partial charge in [0.1, 0.15) is 5.78 Å². The van der Waals surface area contributed by atoms with Crippen molar-refractivity contribution in [2.45, 2.75) is 53.4 Å². The van der Waals surface area contributed by atoms with Crippen molar-refractivity contribution in [1.82, 2.24) is 4.90 Å². The Balaban J connectivity index is 2.33. The van der Waals surface area contributed by atoms with E-state index in [4.69, 9.17) is 0 Å². The molecule has 0 radical (unpaired) electrons. The molecule has 2 nitrogen and oxygen atoms in total. The van der Waals surface area contributed by atoms with E-state index in [0.717, 1.165) is 50.7 Å². The maximum atomic E-state index is 12.2. The van der Waals surface area contributed by atoms with Gasteiger partial charge in [0.05, 0.1) is 0 Å². The molecule has 1 aliphatic carbocycles. The van der Waals surface area contributed by atoms with Crippen LogP contribution in [0.3, 0.4) is 0 Å². The molecule has 0 aliphatic heterocycles. The lowest BCUT2D eigenvalue weighted by molar-refractivity contribution is -0.125. The molecule has 1 saturated carbocycles. The average Bonchev–Trinajstić information content (AvgIpc) is 2.33. The molecule has 100 valence electrons. The molecule has 0 bridgehead atoms. The van der Waals surface area contributed by atoms with Crippen molar-refractivity contribution in [3.05, 3.63) is 0 Å². The van der Waals surface area contributed by atoms with Crippen LogP contribution >= 0.6 is 0 Å². The van der Waals surface area contributed by atoms with Crippen molar-refractivity contribution >= 4 is 5.78 Å². The molecule has 2 heteroatoms. The number of carbonyl (C=O) groups is 1. The normalized spacial score (nSPS) is 29.6. The Labute approximate surface area is 107 Å². The molecule has 1 aliphatic rings. The predicted octanol–water partition coefficient (Wildman–Crippen LogP) is 3.36. The minimum Gasteiger partial charge on any atom is -0.303 e. The summed E-state index contributed by atoms with van der Waals surface area (Å²) < 4.78 is 0. The summed E-state index contributed by atoms with van der Waals surface area (Å²) in [5.74, 6) is 2.40. The van der Waals surface area contributed by atoms with Gasteiger partial charge < -0.3 is 4.90 Å². The maximum Gasteiger partial charge on any atom is 0.137 e. The van der Waals surface area contributed by atoms with Gasteiger partial charge in [0.2, 0.25) is 0 Å². The molecule has 0 aromatic carbocycles. The van der Waals surface area contributed by atoms with E-state index in [0.29, 0.717) is 11.7 Å². The average molecular weight is 239 g/mol. The highest BCUT2D eigenvalue weighted by Crippen LogP contribution is 2.34. The number of ketones is 1. The lowest BCUT2D eigenvalue weighted by Crippen LogP contribution is -2.30. The van der Waals surface area contributed by atoms with Gasteiger partial charge in [-0.25, -0.2) is 0 Å². The number of hydrogen-bond acceptors (Lipinski definition) is 2. The Morgan fingerprint density at radius 3 is 2.29 bits per heavy atom. The lowest BCUT2D eigenvalue weighted by atomic mass is 9.74. The van der Waals surface area contributed by atoms with Gasteiger partial charge in [0, 0.05) is 18.9 Å². The minimum absolute atomic E-state index is 0.358. The monoisotopic (exact) mass is 239 g/mol. The third-order valence-electron chi connectivity index (χ3n) is 4.62. The fraction of sp³-hybridized carbons (Fsp3) is 0.933. The van der Waals surface area contributed by atoms with Gasteiger partial charge in [-0.2, -0.15) is 0 Å². The number of nitrogens with zero attached hydrogens (tertiary/aromatic N) is 1. The number of Topliss-reactive ketones (excluding diaryl/α,β-unsaturated/α-hetero) is 1. The smallest absolute Gasteiger partial charge is 0.137 e. The molecular weight excluding hydrogens is 210 g/mol. The van der Waals surface area contributed by atoms with Gasteiger partial charge in [0.15, 0.2) is 0 Å². The number of rotatable bonds is 6. The van der Waals surface area contributed by atoms with E-state index in [1.54, 1.807) is 0 Å². The molecule has 0 heterocycles. The van der Waals surface area contributed by atoms with Crippen LogP contribution in [0.4, 0.5) is 0 Å². The Bertz CT molecular complexity index is 235. The third kappa shape index (κ3) is 4.42. The van der Waals surface area contributed by atoms with Crippen LogP contribution in [0.25, 0.3) is 0 Å². The topological polar surface area (TPSA) is 20.3 Å². The molecule has 0 aromatic rings. The zero-order chi connectivity index (χ0) is 12.8. The van der Waals surface area contributed by atoms with Crippen LogP contribution in [0.15, 0.2) is 0 Å². The van der Waals surface area contributed by atoms with Crippen LogP contribution in [-0.4, -0.2) is 30.3 Å². The van der Waals surface area contributed by atoms with Gasteiger partial charge in [-0.3, -0.25) is 4.79 Å². The molecule has 3 atom stereocenters. The summed E-state index contributed by atoms with van der Waals surface area (Å²) in [7, 11) is 0. The van der Waals surface area contributed by atoms with Crippen molar-refractivity contribution < 1.29 is 4.79 Å². The summed E-state index contributed by atoms with van der Waals surface area (Å²) in [6, 6.07) is 0. The van der Waals surface area contributed by atoms with Crippen LogP contribution in [0.2, 0.25) is 0 Å². The molecule has 0 aromatic heterocycles. The zero-order valence-corrected chi connectivity index (χ0v) is 12.0. The summed E-state index contributed by atoms with van der Waals surface area (Å²) in [5.41, 5.74) is 0. The Morgan fingerprint density at radius 2 is 1.76 bits per heavy atom. The minimum atomic E-state index is 0.358. The van der Waals surface area contributed by atoms with E-state index in [-0.39, 0.29) is 0 Å². The lowest BCUT2D eigenvalue weighted by Gasteiger charge is -2.31. The molecule has 0 saturated heterocycles. The van der Waals surface area contributed by atoms with Gasteiger partial charge in [-0.1, -0.05) is 27.7 Å². The fourth-order valence-electron chi connectivity index (χ4n) is 2.85. The number of carbonyl (C=O) groups excluding carboxylic acids is 1. The molecule has 0 N–H and O–H groups in total. The fourth-order valence-corrected chi connectivity index (χ4v) is 2.85. The summed E-state index contributed by atoms with van der Waals surface area (Å²) in [6.45, 7) is 12.0. The van der Waals surface area contributed by atoms with Gasteiger partial charge >= 0.3 is 0 Å². The quantitative estimate of drug-likeness (QED) is 0.708. The Hall–Kier alpha value is -0.370. The van der Waals surface area contributed by atoms with E-state index >= 15 is 0 Å². The molecule has 0 amide bonds. The van der Waals surface area contributed by atoms with Crippen molar-refractivity contribution in [1.29, 1.82) is 0 Å². The van der Waals surface area contributed by atoms with Crippen LogP contribution in [0, 0.1) is 17.8 Å². The zero-order valence-electron chi connectivity index (χ0n) is 12.0. The number of hydrogen-bond donors (Lipinski definition) is 0. The van der Waals surface area contributed by atoms with Crippen molar-refractivity contribution in [2.24, 2.45) is 17.8 Å². The van der Waals surface area contributed by atoms with E-state index in [1.807, 2.05) is 0 Å². The predicted molar refractivity (Wildman–Crippen MR) is 73.1 cm³/mol. The highest BCUT2D eigenvalue weighted by Gasteiger charge is 2.28. The SMILES string of the molecule is CCN(CC)CCC(=O)C1CCC(C)C(C)C1. The first-order valence-corrected chi connectivity index (χ1v) is 7.33. The molecule has 3 unspecified atom stereocenters. The van der Waals surface area contributed by atoms with Crippen LogP contribution in [0.1, 0.15) is 53.4 Å². The molecule has 17 heavy (non-hydrogen) atoms. The van der Waals surface area contributed by atoms with Crippen molar-refractivity contribution in [3.8, 4) is 0 Å². The Morgan fingerprint density at radius 1 is 1.12 bits per heavy atom. The van der Waals surface area contributed by atoms with E-state index in [1.165, 1.54) is 6.42 Å². The summed E-state index contributed by atoms with van der Waals surface area (Å²) in [6.07, 6.45) is 4.25. The summed E-state index contributed by atoms with van der Waals surface area (Å²) in [4.78, 5) is 14.5.